The number of oxime groups is 1. The van der Waals surface area contributed by atoms with Gasteiger partial charge in [0.05, 0.1) is 17.2 Å². The van der Waals surface area contributed by atoms with E-state index in [4.69, 9.17) is 9.94 Å². The highest BCUT2D eigenvalue weighted by Gasteiger charge is 2.18. The fourth-order valence-electron chi connectivity index (χ4n) is 1.71. The number of benzene rings is 1. The first kappa shape index (κ1) is 16.1. The predicted octanol–water partition coefficient (Wildman–Crippen LogP) is 1.65. The van der Waals surface area contributed by atoms with Crippen molar-refractivity contribution in [3.05, 3.63) is 54.2 Å². The number of aliphatic hydroxyl groups is 1. The Labute approximate surface area is 129 Å². The molecule has 0 bridgehead atoms. The summed E-state index contributed by atoms with van der Waals surface area (Å²) in [4.78, 5) is 9.06. The van der Waals surface area contributed by atoms with E-state index in [0.29, 0.717) is 11.3 Å². The molecule has 1 heterocycles. The van der Waals surface area contributed by atoms with Crippen molar-refractivity contribution in [1.82, 2.24) is 4.98 Å². The lowest BCUT2D eigenvalue weighted by Gasteiger charge is -2.05. The Bertz CT molecular complexity index is 741. The third kappa shape index (κ3) is 3.69. The summed E-state index contributed by atoms with van der Waals surface area (Å²) >= 11 is 0. The number of aromatic nitrogens is 1. The first-order valence-electron chi connectivity index (χ1n) is 6.59. The zero-order valence-electron chi connectivity index (χ0n) is 12.0. The van der Waals surface area contributed by atoms with Crippen molar-refractivity contribution < 1.29 is 18.4 Å². The van der Waals surface area contributed by atoms with Crippen molar-refractivity contribution in [3.63, 3.8) is 0 Å². The number of hydrogen-bond donors (Lipinski definition) is 1. The lowest BCUT2D eigenvalue weighted by molar-refractivity contribution is 0.0986. The molecule has 0 saturated heterocycles. The lowest BCUT2D eigenvalue weighted by atomic mass is 10.2. The molecule has 22 heavy (non-hydrogen) atoms. The van der Waals surface area contributed by atoms with E-state index in [2.05, 4.69) is 10.1 Å². The molecule has 2 aromatic rings. The summed E-state index contributed by atoms with van der Waals surface area (Å²) in [5.41, 5.74) is 1.19. The molecule has 2 rings (SSSR count). The molecule has 0 radical (unpaired) electrons. The number of pyridine rings is 1. The van der Waals surface area contributed by atoms with E-state index >= 15 is 0 Å². The lowest BCUT2D eigenvalue weighted by Crippen LogP contribution is -2.06. The first-order chi connectivity index (χ1) is 10.6. The SMILES string of the molecule is CC(=NOCCO)c1ccc(S(=O)(=O)c2ccccc2)nc1. The van der Waals surface area contributed by atoms with Crippen LogP contribution in [0, 0.1) is 0 Å². The van der Waals surface area contributed by atoms with Crippen molar-refractivity contribution >= 4 is 15.5 Å². The molecule has 1 aromatic carbocycles. The quantitative estimate of drug-likeness (QED) is 0.496. The second kappa shape index (κ2) is 7.15. The van der Waals surface area contributed by atoms with Crippen molar-refractivity contribution in [2.24, 2.45) is 5.16 Å². The van der Waals surface area contributed by atoms with E-state index in [-0.39, 0.29) is 23.1 Å². The van der Waals surface area contributed by atoms with Gasteiger partial charge in [-0.25, -0.2) is 13.4 Å². The highest BCUT2D eigenvalue weighted by atomic mass is 32.2. The van der Waals surface area contributed by atoms with Gasteiger partial charge >= 0.3 is 0 Å². The Hall–Kier alpha value is -2.25. The molecule has 0 unspecified atom stereocenters. The van der Waals surface area contributed by atoms with Crippen LogP contribution in [-0.4, -0.2) is 37.4 Å². The summed E-state index contributed by atoms with van der Waals surface area (Å²) in [7, 11) is -3.62. The number of sulfone groups is 1. The van der Waals surface area contributed by atoms with Crippen molar-refractivity contribution in [2.45, 2.75) is 16.8 Å². The molecule has 0 saturated carbocycles. The Morgan fingerprint density at radius 2 is 1.95 bits per heavy atom. The summed E-state index contributed by atoms with van der Waals surface area (Å²) in [5, 5.41) is 12.4. The average Bonchev–Trinajstić information content (AvgIpc) is 2.56. The summed E-state index contributed by atoms with van der Waals surface area (Å²) < 4.78 is 24.8. The Morgan fingerprint density at radius 3 is 2.55 bits per heavy atom. The largest absolute Gasteiger partial charge is 0.393 e. The molecule has 0 aliphatic rings. The molecule has 1 N–H and O–H groups in total. The molecular weight excluding hydrogens is 304 g/mol. The van der Waals surface area contributed by atoms with Gasteiger partial charge in [0.15, 0.2) is 5.03 Å². The second-order valence-electron chi connectivity index (χ2n) is 4.44. The van der Waals surface area contributed by atoms with Crippen LogP contribution in [0.15, 0.2) is 63.7 Å². The summed E-state index contributed by atoms with van der Waals surface area (Å²) in [6.45, 7) is 1.69. The zero-order valence-corrected chi connectivity index (χ0v) is 12.8. The molecule has 0 aliphatic carbocycles. The van der Waals surface area contributed by atoms with Crippen LogP contribution in [-0.2, 0) is 14.7 Å². The number of hydrogen-bond acceptors (Lipinski definition) is 6. The molecule has 1 aromatic heterocycles. The Kier molecular flexibility index (Phi) is 5.24. The van der Waals surface area contributed by atoms with Crippen molar-refractivity contribution in [2.75, 3.05) is 13.2 Å². The Morgan fingerprint density at radius 1 is 1.23 bits per heavy atom. The molecule has 116 valence electrons. The zero-order chi connectivity index (χ0) is 16.0. The average molecular weight is 320 g/mol. The minimum Gasteiger partial charge on any atom is -0.393 e. The van der Waals surface area contributed by atoms with E-state index in [0.717, 1.165) is 0 Å². The molecule has 0 aliphatic heterocycles. The van der Waals surface area contributed by atoms with Gasteiger partial charge in [0.25, 0.3) is 0 Å². The number of rotatable bonds is 6. The predicted molar refractivity (Wildman–Crippen MR) is 81.4 cm³/mol. The number of nitrogens with zero attached hydrogens (tertiary/aromatic N) is 2. The van der Waals surface area contributed by atoms with E-state index in [9.17, 15) is 8.42 Å². The molecule has 0 spiro atoms. The van der Waals surface area contributed by atoms with Gasteiger partial charge in [0.2, 0.25) is 9.84 Å². The first-order valence-corrected chi connectivity index (χ1v) is 8.08. The molecule has 0 amide bonds. The highest BCUT2D eigenvalue weighted by molar-refractivity contribution is 7.91. The van der Waals surface area contributed by atoms with Crippen LogP contribution in [0.4, 0.5) is 0 Å². The van der Waals surface area contributed by atoms with Crippen molar-refractivity contribution in [3.8, 4) is 0 Å². The molecule has 6 nitrogen and oxygen atoms in total. The van der Waals surface area contributed by atoms with Gasteiger partial charge in [-0.05, 0) is 31.2 Å². The smallest absolute Gasteiger partial charge is 0.223 e. The van der Waals surface area contributed by atoms with Crippen LogP contribution < -0.4 is 0 Å². The second-order valence-corrected chi connectivity index (χ2v) is 6.33. The minimum atomic E-state index is -3.62. The number of aliphatic hydroxyl groups excluding tert-OH is 1. The van der Waals surface area contributed by atoms with E-state index < -0.39 is 9.84 Å². The maximum atomic E-state index is 12.4. The van der Waals surface area contributed by atoms with Gasteiger partial charge in [0, 0.05) is 11.8 Å². The normalized spacial score (nSPS) is 12.2. The van der Waals surface area contributed by atoms with Crippen LogP contribution in [0.2, 0.25) is 0 Å². The monoisotopic (exact) mass is 320 g/mol. The Balaban J connectivity index is 2.24. The van der Waals surface area contributed by atoms with Gasteiger partial charge in [0.1, 0.15) is 6.61 Å². The fourth-order valence-corrected chi connectivity index (χ4v) is 2.91. The molecule has 0 atom stereocenters. The summed E-state index contributed by atoms with van der Waals surface area (Å²) in [5.74, 6) is 0. The van der Waals surface area contributed by atoms with E-state index in [1.807, 2.05) is 0 Å². The topological polar surface area (TPSA) is 88.9 Å². The van der Waals surface area contributed by atoms with E-state index in [1.54, 1.807) is 31.2 Å². The van der Waals surface area contributed by atoms with Crippen LogP contribution in [0.3, 0.4) is 0 Å². The highest BCUT2D eigenvalue weighted by Crippen LogP contribution is 2.18. The van der Waals surface area contributed by atoms with E-state index in [1.165, 1.54) is 24.4 Å². The molecule has 0 fully saturated rings. The summed E-state index contributed by atoms with van der Waals surface area (Å²) in [6.07, 6.45) is 1.43. The van der Waals surface area contributed by atoms with Gasteiger partial charge in [-0.1, -0.05) is 23.4 Å². The van der Waals surface area contributed by atoms with Gasteiger partial charge < -0.3 is 9.94 Å². The van der Waals surface area contributed by atoms with Gasteiger partial charge in [-0.3, -0.25) is 0 Å². The third-order valence-electron chi connectivity index (χ3n) is 2.87. The summed E-state index contributed by atoms with van der Waals surface area (Å²) in [6, 6.07) is 11.2. The van der Waals surface area contributed by atoms with Crippen LogP contribution in [0.5, 0.6) is 0 Å². The maximum absolute atomic E-state index is 12.4. The van der Waals surface area contributed by atoms with Crippen LogP contribution in [0.1, 0.15) is 12.5 Å². The molecule has 7 heteroatoms. The molecular formula is C15H16N2O4S. The van der Waals surface area contributed by atoms with Crippen LogP contribution in [0.25, 0.3) is 0 Å². The fraction of sp³-hybridized carbons (Fsp3) is 0.200. The van der Waals surface area contributed by atoms with Gasteiger partial charge in [-0.15, -0.1) is 0 Å². The maximum Gasteiger partial charge on any atom is 0.223 e. The minimum absolute atomic E-state index is 0.0217. The standard InChI is InChI=1S/C15H16N2O4S/c1-12(17-21-10-9-18)13-7-8-15(16-11-13)22(19,20)14-5-3-2-4-6-14/h2-8,11,18H,9-10H2,1H3. The van der Waals surface area contributed by atoms with Crippen molar-refractivity contribution in [1.29, 1.82) is 0 Å². The van der Waals surface area contributed by atoms with Crippen LogP contribution >= 0.6 is 0 Å². The van der Waals surface area contributed by atoms with Gasteiger partial charge in [-0.2, -0.15) is 0 Å². The third-order valence-corrected chi connectivity index (χ3v) is 4.55.